The van der Waals surface area contributed by atoms with E-state index in [1.54, 1.807) is 20.8 Å². The summed E-state index contributed by atoms with van der Waals surface area (Å²) in [4.78, 5) is 50.7. The zero-order valence-electron chi connectivity index (χ0n) is 32.9. The number of alkyl halides is 3. The van der Waals surface area contributed by atoms with Gasteiger partial charge in [0.1, 0.15) is 29.6 Å². The Hall–Kier alpha value is -5.17. The van der Waals surface area contributed by atoms with Gasteiger partial charge in [-0.05, 0) is 65.3 Å². The van der Waals surface area contributed by atoms with E-state index in [4.69, 9.17) is 72.7 Å². The number of carbonyl (C=O) groups is 4. The number of hydrogen-bond donors (Lipinski definition) is 0. The van der Waals surface area contributed by atoms with Gasteiger partial charge in [0, 0.05) is 25.7 Å². The summed E-state index contributed by atoms with van der Waals surface area (Å²) >= 11 is 17.5. The third kappa shape index (κ3) is 13.2. The molecule has 0 saturated heterocycles. The Morgan fingerprint density at radius 1 is 0.424 bits per heavy atom. The van der Waals surface area contributed by atoms with Crippen LogP contribution in [0.5, 0.6) is 23.0 Å². The Morgan fingerprint density at radius 2 is 0.644 bits per heavy atom. The van der Waals surface area contributed by atoms with Gasteiger partial charge >= 0.3 is 23.9 Å². The van der Waals surface area contributed by atoms with Crippen molar-refractivity contribution in [2.75, 3.05) is 52.9 Å². The third-order valence-corrected chi connectivity index (χ3v) is 9.21. The van der Waals surface area contributed by atoms with E-state index in [0.29, 0.717) is 56.4 Å². The fourth-order valence-electron chi connectivity index (χ4n) is 6.56. The van der Waals surface area contributed by atoms with Crippen molar-refractivity contribution in [1.29, 1.82) is 0 Å². The molecule has 1 aliphatic rings. The maximum absolute atomic E-state index is 12.9. The van der Waals surface area contributed by atoms with Gasteiger partial charge in [-0.1, -0.05) is 108 Å². The van der Waals surface area contributed by atoms with Crippen molar-refractivity contribution in [3.63, 3.8) is 0 Å². The van der Waals surface area contributed by atoms with Gasteiger partial charge in [0.2, 0.25) is 3.79 Å². The van der Waals surface area contributed by atoms with Crippen LogP contribution in [-0.2, 0) is 63.8 Å². The van der Waals surface area contributed by atoms with Gasteiger partial charge in [-0.3, -0.25) is 0 Å². The van der Waals surface area contributed by atoms with Gasteiger partial charge < -0.3 is 37.9 Å². The predicted molar refractivity (Wildman–Crippen MR) is 220 cm³/mol. The molecular weight excluding hydrogens is 827 g/mol. The molecule has 59 heavy (non-hydrogen) atoms. The highest BCUT2D eigenvalue weighted by Crippen LogP contribution is 2.39. The molecule has 0 atom stereocenters. The number of carbonyl (C=O) groups excluding carboxylic acids is 4. The van der Waals surface area contributed by atoms with Crippen LogP contribution in [0.4, 0.5) is 0 Å². The molecule has 1 aliphatic carbocycles. The molecule has 0 radical (unpaired) electrons. The highest BCUT2D eigenvalue weighted by molar-refractivity contribution is 6.67. The van der Waals surface area contributed by atoms with E-state index in [2.05, 4.69) is 0 Å². The Kier molecular flexibility index (Phi) is 16.5. The maximum atomic E-state index is 12.9. The van der Waals surface area contributed by atoms with Crippen LogP contribution in [0.3, 0.4) is 0 Å². The Bertz CT molecular complexity index is 2000. The summed E-state index contributed by atoms with van der Waals surface area (Å²) in [6.07, 6.45) is 0.999. The Morgan fingerprint density at radius 3 is 0.847 bits per heavy atom. The lowest BCUT2D eigenvalue weighted by molar-refractivity contribution is -0.146. The summed E-state index contributed by atoms with van der Waals surface area (Å²) in [7, 11) is 0. The number of halogens is 3. The number of para-hydroxylation sites is 4. The first-order chi connectivity index (χ1) is 28.4. The van der Waals surface area contributed by atoms with E-state index < -0.39 is 40.9 Å². The van der Waals surface area contributed by atoms with E-state index in [9.17, 15) is 19.2 Å². The first kappa shape index (κ1) is 44.9. The van der Waals surface area contributed by atoms with Crippen molar-refractivity contribution in [3.05, 3.63) is 117 Å². The minimum absolute atomic E-state index is 0.180. The molecular formula is C44H45Cl3O12. The number of esters is 4. The summed E-state index contributed by atoms with van der Waals surface area (Å²) in [6, 6.07) is 22.5. The zero-order chi connectivity index (χ0) is 42.4. The quantitative estimate of drug-likeness (QED) is 0.0551. The first-order valence-electron chi connectivity index (χ1n) is 19.0. The number of hydrogen-bond acceptors (Lipinski definition) is 12. The van der Waals surface area contributed by atoms with Gasteiger partial charge in [-0.15, -0.1) is 0 Å². The average molecular weight is 872 g/mol. The van der Waals surface area contributed by atoms with Crippen molar-refractivity contribution in [2.45, 2.75) is 50.2 Å². The molecule has 0 spiro atoms. The molecule has 4 aromatic carbocycles. The Balaban J connectivity index is 1.70. The van der Waals surface area contributed by atoms with E-state index in [0.717, 1.165) is 11.1 Å². The van der Waals surface area contributed by atoms with E-state index >= 15 is 0 Å². The van der Waals surface area contributed by atoms with Crippen molar-refractivity contribution >= 4 is 58.7 Å². The van der Waals surface area contributed by atoms with Crippen LogP contribution in [-0.4, -0.2) is 80.5 Å². The lowest BCUT2D eigenvalue weighted by atomic mass is 9.91. The van der Waals surface area contributed by atoms with E-state index in [1.165, 1.54) is 0 Å². The van der Waals surface area contributed by atoms with Crippen LogP contribution in [0.2, 0.25) is 0 Å². The molecule has 8 bridgehead atoms. The van der Waals surface area contributed by atoms with E-state index in [-0.39, 0.29) is 65.3 Å². The highest BCUT2D eigenvalue weighted by Gasteiger charge is 2.25. The standard InChI is InChI=1S/C44H45Cl3O12/c1-4-52-36(48)23-55-40-28-11-7-12-29(40)20-31-14-9-16-33(42(31)57-25-38(50)54-6-3)22-35-18-10-17-34(43(35)58-26-39(51)59-27-44(45,46)47)21-32-15-8-13-30(19-28)41(32)56-24-37(49)53-5-2/h7-18H,4-6,19-27H2,1-3H3. The normalized spacial score (nSPS) is 12.1. The highest BCUT2D eigenvalue weighted by atomic mass is 35.6. The molecule has 4 aromatic rings. The van der Waals surface area contributed by atoms with Gasteiger partial charge in [0.05, 0.1) is 19.8 Å². The molecule has 12 nitrogen and oxygen atoms in total. The van der Waals surface area contributed by atoms with Crippen molar-refractivity contribution in [3.8, 4) is 23.0 Å². The molecule has 0 amide bonds. The number of rotatable bonds is 16. The molecule has 0 aliphatic heterocycles. The largest absolute Gasteiger partial charge is 0.481 e. The van der Waals surface area contributed by atoms with Crippen molar-refractivity contribution in [1.82, 2.24) is 0 Å². The predicted octanol–water partition coefficient (Wildman–Crippen LogP) is 7.48. The summed E-state index contributed by atoms with van der Waals surface area (Å²) in [6.45, 7) is 3.65. The molecule has 314 valence electrons. The van der Waals surface area contributed by atoms with Crippen LogP contribution >= 0.6 is 34.8 Å². The first-order valence-corrected chi connectivity index (χ1v) is 20.2. The second kappa shape index (κ2) is 21.7. The van der Waals surface area contributed by atoms with E-state index in [1.807, 2.05) is 72.8 Å². The van der Waals surface area contributed by atoms with Crippen LogP contribution < -0.4 is 18.9 Å². The second-order valence-corrected chi connectivity index (χ2v) is 15.7. The number of fused-ring (bicyclic) bond motifs is 8. The molecule has 0 N–H and O–H groups in total. The fraction of sp³-hybridized carbons (Fsp3) is 0.364. The van der Waals surface area contributed by atoms with Crippen LogP contribution in [0.15, 0.2) is 72.8 Å². The lowest BCUT2D eigenvalue weighted by Gasteiger charge is -2.22. The van der Waals surface area contributed by atoms with Crippen LogP contribution in [0.1, 0.15) is 65.3 Å². The SMILES string of the molecule is CCOC(=O)COc1c2cccc1Cc1cccc(c1OCC(=O)OCC)Cc1cccc(c1OCC(=O)OCC(Cl)(Cl)Cl)Cc1cccc(c1OCC(=O)OCC)C2. The van der Waals surface area contributed by atoms with Crippen molar-refractivity contribution < 1.29 is 57.1 Å². The summed E-state index contributed by atoms with van der Waals surface area (Å²) < 4.78 is 43.9. The molecule has 0 saturated carbocycles. The Labute approximate surface area is 357 Å². The minimum Gasteiger partial charge on any atom is -0.481 e. The second-order valence-electron chi connectivity index (χ2n) is 13.2. The third-order valence-electron chi connectivity index (χ3n) is 8.89. The topological polar surface area (TPSA) is 142 Å². The number of ether oxygens (including phenoxy) is 8. The minimum atomic E-state index is -1.81. The molecule has 0 unspecified atom stereocenters. The molecule has 15 heteroatoms. The molecule has 0 aromatic heterocycles. The average Bonchev–Trinajstić information content (AvgIpc) is 3.19. The van der Waals surface area contributed by atoms with Crippen LogP contribution in [0.25, 0.3) is 0 Å². The van der Waals surface area contributed by atoms with Gasteiger partial charge in [0.15, 0.2) is 26.4 Å². The summed E-state index contributed by atoms with van der Waals surface area (Å²) in [5.74, 6) is -0.668. The lowest BCUT2D eigenvalue weighted by Crippen LogP contribution is -2.22. The summed E-state index contributed by atoms with van der Waals surface area (Å²) in [5.41, 5.74) is 5.62. The fourth-order valence-corrected chi connectivity index (χ4v) is 6.73. The van der Waals surface area contributed by atoms with Gasteiger partial charge in [-0.25, -0.2) is 19.2 Å². The number of benzene rings is 4. The van der Waals surface area contributed by atoms with Crippen LogP contribution in [0, 0.1) is 0 Å². The van der Waals surface area contributed by atoms with Gasteiger partial charge in [0.25, 0.3) is 0 Å². The van der Waals surface area contributed by atoms with Crippen molar-refractivity contribution in [2.24, 2.45) is 0 Å². The smallest absolute Gasteiger partial charge is 0.344 e. The molecule has 0 fully saturated rings. The summed E-state index contributed by atoms with van der Waals surface area (Å²) in [5, 5.41) is 0. The molecule has 0 heterocycles. The molecule has 5 rings (SSSR count). The maximum Gasteiger partial charge on any atom is 0.344 e. The monoisotopic (exact) mass is 870 g/mol. The van der Waals surface area contributed by atoms with Gasteiger partial charge in [-0.2, -0.15) is 0 Å². The zero-order valence-corrected chi connectivity index (χ0v) is 35.2.